The molecular weight excluding hydrogens is 669 g/mol. The molecule has 0 aliphatic carbocycles. The van der Waals surface area contributed by atoms with Crippen LogP contribution in [0.1, 0.15) is 43.7 Å². The van der Waals surface area contributed by atoms with Crippen molar-refractivity contribution in [1.29, 1.82) is 0 Å². The summed E-state index contributed by atoms with van der Waals surface area (Å²) in [5.41, 5.74) is 0.528. The zero-order chi connectivity index (χ0) is 36.2. The van der Waals surface area contributed by atoms with Crippen molar-refractivity contribution < 1.29 is 33.9 Å². The predicted octanol–water partition coefficient (Wildman–Crippen LogP) is 4.48. The minimum atomic E-state index is -2.58. The van der Waals surface area contributed by atoms with Crippen molar-refractivity contribution in [2.75, 3.05) is 36.6 Å². The number of methoxy groups -OCH3 is 1. The standard InChI is InChI=1S/C38H44N4O8Si/c1-24-36(51(3,4)30-13-11-29(49-2)12-14-30)33(21-35(45)39-17-6-9-28(39)23-43)50-38(24)31-20-27(42(47)48)10-15-32(31)41(37(38)46)22-25-7-5-8-26(19-25)40-18-16-34(40)44/h5,7-8,10-15,19-20,24,28,33,36,43H,6,9,16-18,21-23H2,1-4H3/t24-,28-,33+,36-,38+/m0/s1. The van der Waals surface area contributed by atoms with Gasteiger partial charge in [0.1, 0.15) is 5.75 Å². The van der Waals surface area contributed by atoms with Crippen molar-refractivity contribution in [1.82, 2.24) is 4.90 Å². The zero-order valence-electron chi connectivity index (χ0n) is 29.4. The highest BCUT2D eigenvalue weighted by Gasteiger charge is 2.67. The summed E-state index contributed by atoms with van der Waals surface area (Å²) in [5.74, 6) is -0.163. The highest BCUT2D eigenvalue weighted by molar-refractivity contribution is 6.91. The highest BCUT2D eigenvalue weighted by Crippen LogP contribution is 2.60. The molecule has 7 rings (SSSR count). The number of benzene rings is 3. The molecule has 13 heteroatoms. The van der Waals surface area contributed by atoms with E-state index in [9.17, 15) is 24.8 Å². The van der Waals surface area contributed by atoms with E-state index in [1.165, 1.54) is 12.1 Å². The number of likely N-dealkylation sites (tertiary alicyclic amines) is 1. The number of ether oxygens (including phenoxy) is 2. The lowest BCUT2D eigenvalue weighted by atomic mass is 9.82. The van der Waals surface area contributed by atoms with E-state index in [4.69, 9.17) is 9.47 Å². The molecule has 0 saturated carbocycles. The van der Waals surface area contributed by atoms with Crippen LogP contribution in [0.4, 0.5) is 17.1 Å². The van der Waals surface area contributed by atoms with Crippen molar-refractivity contribution in [2.45, 2.75) is 75.5 Å². The van der Waals surface area contributed by atoms with Gasteiger partial charge in [-0.3, -0.25) is 24.5 Å². The van der Waals surface area contributed by atoms with Gasteiger partial charge >= 0.3 is 0 Å². The monoisotopic (exact) mass is 712 g/mol. The number of carbonyl (C=O) groups excluding carboxylic acids is 3. The number of anilines is 2. The Morgan fingerprint density at radius 3 is 2.51 bits per heavy atom. The third-order valence-electron chi connectivity index (χ3n) is 11.7. The van der Waals surface area contributed by atoms with Crippen LogP contribution in [-0.2, 0) is 31.3 Å². The summed E-state index contributed by atoms with van der Waals surface area (Å²) in [7, 11) is -0.969. The first-order chi connectivity index (χ1) is 24.4. The molecule has 4 heterocycles. The molecule has 3 amide bonds. The fraction of sp³-hybridized carbons (Fsp3) is 0.447. The van der Waals surface area contributed by atoms with Gasteiger partial charge in [-0.25, -0.2) is 0 Å². The molecule has 3 aromatic carbocycles. The molecule has 4 aliphatic rings. The van der Waals surface area contributed by atoms with Crippen LogP contribution in [0, 0.1) is 16.0 Å². The number of nitro groups is 1. The van der Waals surface area contributed by atoms with Crippen LogP contribution < -0.4 is 19.7 Å². The normalized spacial score (nSPS) is 25.8. The lowest BCUT2D eigenvalue weighted by molar-refractivity contribution is -0.385. The third-order valence-corrected chi connectivity index (χ3v) is 16.1. The first-order valence-electron chi connectivity index (χ1n) is 17.6. The van der Waals surface area contributed by atoms with E-state index in [-0.39, 0.29) is 54.6 Å². The molecule has 268 valence electrons. The van der Waals surface area contributed by atoms with Gasteiger partial charge in [0.05, 0.1) is 57.5 Å². The average Bonchev–Trinajstić information content (AvgIpc) is 3.78. The second-order valence-electron chi connectivity index (χ2n) is 14.7. The SMILES string of the molecule is COc1ccc([Si](C)(C)[C@@H]2[C@@H](CC(=O)N3CCC[C@H]3CO)O[C@]3(C(=O)N(Cc4cccc(N5CCC5=O)c4)c4ccc([N+](=O)[O-])cc43)[C@H]2C)cc1. The Morgan fingerprint density at radius 2 is 1.86 bits per heavy atom. The van der Waals surface area contributed by atoms with E-state index < -0.39 is 30.6 Å². The number of rotatable bonds is 10. The Kier molecular flexibility index (Phi) is 9.01. The lowest BCUT2D eigenvalue weighted by Crippen LogP contribution is -2.52. The second-order valence-corrected chi connectivity index (χ2v) is 19.4. The van der Waals surface area contributed by atoms with Crippen LogP contribution >= 0.6 is 0 Å². The van der Waals surface area contributed by atoms with Crippen molar-refractivity contribution in [3.63, 3.8) is 0 Å². The molecule has 12 nitrogen and oxygen atoms in total. The fourth-order valence-electron chi connectivity index (χ4n) is 9.01. The average molecular weight is 713 g/mol. The van der Waals surface area contributed by atoms with Crippen LogP contribution in [0.15, 0.2) is 66.7 Å². The summed E-state index contributed by atoms with van der Waals surface area (Å²) in [6.07, 6.45) is 1.37. The van der Waals surface area contributed by atoms with E-state index in [1.807, 2.05) is 55.5 Å². The molecule has 5 atom stereocenters. The van der Waals surface area contributed by atoms with Gasteiger partial charge in [-0.15, -0.1) is 0 Å². The quantitative estimate of drug-likeness (QED) is 0.140. The van der Waals surface area contributed by atoms with Crippen molar-refractivity contribution in [3.05, 3.63) is 88.0 Å². The summed E-state index contributed by atoms with van der Waals surface area (Å²) in [5, 5.41) is 23.3. The molecular formula is C38H44N4O8Si. The minimum Gasteiger partial charge on any atom is -0.497 e. The van der Waals surface area contributed by atoms with Crippen molar-refractivity contribution in [3.8, 4) is 5.75 Å². The smallest absolute Gasteiger partial charge is 0.269 e. The predicted molar refractivity (Wildman–Crippen MR) is 194 cm³/mol. The summed E-state index contributed by atoms with van der Waals surface area (Å²) >= 11 is 0. The van der Waals surface area contributed by atoms with Crippen molar-refractivity contribution >= 4 is 48.0 Å². The van der Waals surface area contributed by atoms with Crippen LogP contribution in [0.25, 0.3) is 0 Å². The van der Waals surface area contributed by atoms with Crippen LogP contribution in [0.2, 0.25) is 18.6 Å². The Morgan fingerprint density at radius 1 is 1.10 bits per heavy atom. The number of hydrogen-bond donors (Lipinski definition) is 1. The van der Waals surface area contributed by atoms with Gasteiger partial charge in [0.25, 0.3) is 11.6 Å². The highest BCUT2D eigenvalue weighted by atomic mass is 28.3. The number of non-ortho nitro benzene ring substituents is 1. The minimum absolute atomic E-state index is 0.0172. The van der Waals surface area contributed by atoms with E-state index in [0.717, 1.165) is 35.0 Å². The molecule has 51 heavy (non-hydrogen) atoms. The largest absolute Gasteiger partial charge is 0.497 e. The molecule has 3 aromatic rings. The van der Waals surface area contributed by atoms with Gasteiger partial charge in [0.2, 0.25) is 11.8 Å². The first-order valence-corrected chi connectivity index (χ1v) is 20.7. The number of nitro benzene ring substituents is 1. The van der Waals surface area contributed by atoms with Gasteiger partial charge in [-0.05, 0) is 54.3 Å². The number of β-lactam (4-membered cyclic amide) rings is 1. The Hall–Kier alpha value is -4.59. The number of carbonyl (C=O) groups is 3. The third kappa shape index (κ3) is 5.71. The van der Waals surface area contributed by atoms with Gasteiger partial charge in [-0.2, -0.15) is 0 Å². The maximum absolute atomic E-state index is 15.1. The topological polar surface area (TPSA) is 143 Å². The Bertz CT molecular complexity index is 1890. The number of hydrogen-bond acceptors (Lipinski definition) is 8. The molecule has 0 radical (unpaired) electrons. The molecule has 4 aliphatic heterocycles. The number of fused-ring (bicyclic) bond motifs is 2. The van der Waals surface area contributed by atoms with Gasteiger partial charge < -0.3 is 29.3 Å². The van der Waals surface area contributed by atoms with Crippen LogP contribution in [-0.4, -0.2) is 79.7 Å². The molecule has 0 bridgehead atoms. The zero-order valence-corrected chi connectivity index (χ0v) is 30.4. The summed E-state index contributed by atoms with van der Waals surface area (Å²) in [6.45, 7) is 7.65. The molecule has 0 unspecified atom stereocenters. The summed E-state index contributed by atoms with van der Waals surface area (Å²) in [4.78, 5) is 58.1. The van der Waals surface area contributed by atoms with E-state index >= 15 is 4.79 Å². The molecule has 1 spiro atoms. The molecule has 3 fully saturated rings. The Balaban J connectivity index is 1.32. The van der Waals surface area contributed by atoms with E-state index in [0.29, 0.717) is 30.8 Å². The maximum atomic E-state index is 15.1. The number of nitrogens with zero attached hydrogens (tertiary/aromatic N) is 4. The lowest BCUT2D eigenvalue weighted by Gasteiger charge is -2.37. The second kappa shape index (κ2) is 13.2. The van der Waals surface area contributed by atoms with Crippen LogP contribution in [0.5, 0.6) is 5.75 Å². The summed E-state index contributed by atoms with van der Waals surface area (Å²) < 4.78 is 12.5. The maximum Gasteiger partial charge on any atom is 0.269 e. The van der Waals surface area contributed by atoms with E-state index in [1.54, 1.807) is 27.9 Å². The van der Waals surface area contributed by atoms with Crippen LogP contribution in [0.3, 0.4) is 0 Å². The van der Waals surface area contributed by atoms with E-state index in [2.05, 4.69) is 13.1 Å². The Labute approximate surface area is 298 Å². The fourth-order valence-corrected chi connectivity index (χ4v) is 13.0. The van der Waals surface area contributed by atoms with Gasteiger partial charge in [-0.1, -0.05) is 49.5 Å². The van der Waals surface area contributed by atoms with Gasteiger partial charge in [0.15, 0.2) is 5.60 Å². The molecule has 1 N–H and O–H groups in total. The number of amides is 3. The number of aliphatic hydroxyl groups is 1. The number of aliphatic hydroxyl groups excluding tert-OH is 1. The molecule has 3 saturated heterocycles. The summed E-state index contributed by atoms with van der Waals surface area (Å²) in [6, 6.07) is 19.7. The first kappa shape index (κ1) is 34.8. The van der Waals surface area contributed by atoms with Gasteiger partial charge in [0, 0.05) is 48.8 Å². The van der Waals surface area contributed by atoms with Crippen molar-refractivity contribution in [2.24, 2.45) is 5.92 Å². The molecule has 0 aromatic heterocycles.